The van der Waals surface area contributed by atoms with Gasteiger partial charge in [0.25, 0.3) is 0 Å². The van der Waals surface area contributed by atoms with Crippen LogP contribution in [0.3, 0.4) is 0 Å². The van der Waals surface area contributed by atoms with Crippen LogP contribution in [0.2, 0.25) is 10.0 Å². The number of carbonyl (C=O) groups is 1. The van der Waals surface area contributed by atoms with Gasteiger partial charge in [0.05, 0.1) is 41.1 Å². The van der Waals surface area contributed by atoms with E-state index in [1.165, 1.54) is 7.11 Å². The van der Waals surface area contributed by atoms with E-state index in [-0.39, 0.29) is 12.1 Å². The Morgan fingerprint density at radius 3 is 2.56 bits per heavy atom. The number of aryl methyl sites for hydroxylation is 1. The van der Waals surface area contributed by atoms with E-state index >= 15 is 0 Å². The fraction of sp³-hybridized carbons (Fsp3) is 0.400. The molecular formula is C20H22Cl2N2O3. The molecule has 3 rings (SSSR count). The van der Waals surface area contributed by atoms with Crippen molar-refractivity contribution in [2.45, 2.75) is 32.5 Å². The van der Waals surface area contributed by atoms with Gasteiger partial charge in [-0.3, -0.25) is 0 Å². The molecule has 0 unspecified atom stereocenters. The van der Waals surface area contributed by atoms with Gasteiger partial charge in [0.2, 0.25) is 0 Å². The van der Waals surface area contributed by atoms with E-state index in [1.54, 1.807) is 12.1 Å². The van der Waals surface area contributed by atoms with E-state index < -0.39 is 0 Å². The van der Waals surface area contributed by atoms with Gasteiger partial charge in [-0.05, 0) is 49.6 Å². The highest BCUT2D eigenvalue weighted by atomic mass is 35.5. The van der Waals surface area contributed by atoms with Gasteiger partial charge in [0.15, 0.2) is 0 Å². The highest BCUT2D eigenvalue weighted by molar-refractivity contribution is 6.42. The van der Waals surface area contributed by atoms with Crippen molar-refractivity contribution in [3.05, 3.63) is 57.2 Å². The molecule has 1 aliphatic rings. The number of aromatic nitrogens is 1. The number of anilines is 1. The number of ether oxygens (including phenoxy) is 2. The minimum absolute atomic E-state index is 0.200. The van der Waals surface area contributed by atoms with E-state index in [2.05, 4.69) is 9.88 Å². The predicted octanol–water partition coefficient (Wildman–Crippen LogP) is 4.67. The molecule has 144 valence electrons. The third-order valence-corrected chi connectivity index (χ3v) is 5.45. The molecule has 5 nitrogen and oxygen atoms in total. The molecule has 27 heavy (non-hydrogen) atoms. The van der Waals surface area contributed by atoms with Crippen LogP contribution in [0, 0.1) is 6.92 Å². The maximum atomic E-state index is 11.7. The number of carbonyl (C=O) groups excluding carboxylic acids is 1. The van der Waals surface area contributed by atoms with Gasteiger partial charge in [0.1, 0.15) is 5.82 Å². The summed E-state index contributed by atoms with van der Waals surface area (Å²) in [6, 6.07) is 9.21. The molecule has 1 aromatic carbocycles. The average Bonchev–Trinajstić information content (AvgIpc) is 2.68. The van der Waals surface area contributed by atoms with Crippen molar-refractivity contribution in [1.82, 2.24) is 4.98 Å². The molecule has 1 aromatic heterocycles. The van der Waals surface area contributed by atoms with Crippen LogP contribution in [0.4, 0.5) is 5.82 Å². The van der Waals surface area contributed by atoms with E-state index in [1.807, 2.05) is 25.1 Å². The van der Waals surface area contributed by atoms with Gasteiger partial charge < -0.3 is 14.4 Å². The molecule has 7 heteroatoms. The Morgan fingerprint density at radius 1 is 1.19 bits per heavy atom. The van der Waals surface area contributed by atoms with Gasteiger partial charge in [-0.2, -0.15) is 0 Å². The van der Waals surface area contributed by atoms with Crippen LogP contribution in [0.1, 0.15) is 34.5 Å². The zero-order valence-corrected chi connectivity index (χ0v) is 16.9. The largest absolute Gasteiger partial charge is 0.465 e. The summed E-state index contributed by atoms with van der Waals surface area (Å²) in [5.41, 5.74) is 2.20. The quantitative estimate of drug-likeness (QED) is 0.672. The topological polar surface area (TPSA) is 51.7 Å². The van der Waals surface area contributed by atoms with E-state index in [9.17, 15) is 4.79 Å². The number of piperidine rings is 1. The van der Waals surface area contributed by atoms with Crippen LogP contribution in [0.25, 0.3) is 0 Å². The van der Waals surface area contributed by atoms with Gasteiger partial charge in [-0.15, -0.1) is 0 Å². The number of methoxy groups -OCH3 is 1. The summed E-state index contributed by atoms with van der Waals surface area (Å²) in [4.78, 5) is 18.5. The highest BCUT2D eigenvalue weighted by Crippen LogP contribution is 2.25. The monoisotopic (exact) mass is 408 g/mol. The lowest BCUT2D eigenvalue weighted by atomic mass is 10.1. The van der Waals surface area contributed by atoms with E-state index in [0.717, 1.165) is 37.3 Å². The molecule has 0 spiro atoms. The molecule has 0 radical (unpaired) electrons. The SMILES string of the molecule is COC(=O)c1ccc(N2CCC(OCc3ccc(Cl)c(Cl)c3)CC2)nc1C. The lowest BCUT2D eigenvalue weighted by Gasteiger charge is -2.33. The Labute approximate surface area is 169 Å². The Bertz CT molecular complexity index is 821. The number of pyridine rings is 1. The number of hydrogen-bond donors (Lipinski definition) is 0. The zero-order valence-electron chi connectivity index (χ0n) is 15.4. The second-order valence-electron chi connectivity index (χ2n) is 6.54. The van der Waals surface area contributed by atoms with Crippen LogP contribution < -0.4 is 4.90 Å². The first kappa shape index (κ1) is 19.9. The van der Waals surface area contributed by atoms with Crippen molar-refractivity contribution in [2.75, 3.05) is 25.1 Å². The van der Waals surface area contributed by atoms with Gasteiger partial charge in [0, 0.05) is 13.1 Å². The Morgan fingerprint density at radius 2 is 1.93 bits per heavy atom. The fourth-order valence-electron chi connectivity index (χ4n) is 3.14. The smallest absolute Gasteiger partial charge is 0.339 e. The van der Waals surface area contributed by atoms with Crippen molar-refractivity contribution >= 4 is 35.0 Å². The summed E-state index contributed by atoms with van der Waals surface area (Å²) in [5.74, 6) is 0.518. The van der Waals surface area contributed by atoms with Crippen molar-refractivity contribution < 1.29 is 14.3 Å². The third-order valence-electron chi connectivity index (χ3n) is 4.71. The fourth-order valence-corrected chi connectivity index (χ4v) is 3.47. The molecule has 2 aromatic rings. The van der Waals surface area contributed by atoms with Crippen LogP contribution in [0.15, 0.2) is 30.3 Å². The summed E-state index contributed by atoms with van der Waals surface area (Å²) in [7, 11) is 1.37. The molecule has 0 saturated carbocycles. The van der Waals surface area contributed by atoms with Crippen molar-refractivity contribution in [3.63, 3.8) is 0 Å². The maximum absolute atomic E-state index is 11.7. The molecule has 1 aliphatic heterocycles. The number of rotatable bonds is 5. The highest BCUT2D eigenvalue weighted by Gasteiger charge is 2.22. The third kappa shape index (κ3) is 4.92. The normalized spacial score (nSPS) is 15.0. The molecule has 2 heterocycles. The Hall–Kier alpha value is -1.82. The Balaban J connectivity index is 1.53. The standard InChI is InChI=1S/C20H22Cl2N2O3/c1-13-16(20(25)26-2)4-6-19(23-13)24-9-7-15(8-10-24)27-12-14-3-5-17(21)18(22)11-14/h3-6,11,15H,7-10,12H2,1-2H3. The molecule has 0 N–H and O–H groups in total. The number of benzene rings is 1. The van der Waals surface area contributed by atoms with Crippen molar-refractivity contribution in [1.29, 1.82) is 0 Å². The minimum atomic E-state index is -0.360. The van der Waals surface area contributed by atoms with Crippen LogP contribution >= 0.6 is 23.2 Å². The summed E-state index contributed by atoms with van der Waals surface area (Å²) < 4.78 is 10.8. The van der Waals surface area contributed by atoms with Crippen LogP contribution in [-0.2, 0) is 16.1 Å². The number of nitrogens with zero attached hydrogens (tertiary/aromatic N) is 2. The number of hydrogen-bond acceptors (Lipinski definition) is 5. The van der Waals surface area contributed by atoms with E-state index in [0.29, 0.717) is 27.9 Å². The zero-order chi connectivity index (χ0) is 19.4. The number of esters is 1. The van der Waals surface area contributed by atoms with Crippen LogP contribution in [-0.4, -0.2) is 37.3 Å². The van der Waals surface area contributed by atoms with Gasteiger partial charge in [-0.1, -0.05) is 29.3 Å². The maximum Gasteiger partial charge on any atom is 0.339 e. The molecule has 0 atom stereocenters. The van der Waals surface area contributed by atoms with Gasteiger partial charge >= 0.3 is 5.97 Å². The van der Waals surface area contributed by atoms with Crippen molar-refractivity contribution in [3.8, 4) is 0 Å². The molecular weight excluding hydrogens is 387 g/mol. The first-order valence-corrected chi connectivity index (χ1v) is 9.60. The molecule has 0 amide bonds. The van der Waals surface area contributed by atoms with Gasteiger partial charge in [-0.25, -0.2) is 9.78 Å². The lowest BCUT2D eigenvalue weighted by Crippen LogP contribution is -2.37. The second-order valence-corrected chi connectivity index (χ2v) is 7.35. The Kier molecular flexibility index (Phi) is 6.58. The molecule has 1 fully saturated rings. The van der Waals surface area contributed by atoms with Crippen molar-refractivity contribution in [2.24, 2.45) is 0 Å². The minimum Gasteiger partial charge on any atom is -0.465 e. The summed E-state index contributed by atoms with van der Waals surface area (Å²) in [5, 5.41) is 1.10. The average molecular weight is 409 g/mol. The van der Waals surface area contributed by atoms with Crippen LogP contribution in [0.5, 0.6) is 0 Å². The predicted molar refractivity (Wildman–Crippen MR) is 107 cm³/mol. The molecule has 0 aliphatic carbocycles. The lowest BCUT2D eigenvalue weighted by molar-refractivity contribution is 0.0250. The molecule has 0 bridgehead atoms. The number of halogens is 2. The first-order chi connectivity index (χ1) is 13.0. The summed E-state index contributed by atoms with van der Waals surface area (Å²) in [6.45, 7) is 4.06. The first-order valence-electron chi connectivity index (χ1n) is 8.84. The van der Waals surface area contributed by atoms with E-state index in [4.69, 9.17) is 32.7 Å². The second kappa shape index (κ2) is 8.91. The molecule has 1 saturated heterocycles. The summed E-state index contributed by atoms with van der Waals surface area (Å²) in [6.07, 6.45) is 2.04. The summed E-state index contributed by atoms with van der Waals surface area (Å²) >= 11 is 12.0.